The molecule has 8 nitrogen and oxygen atoms in total. The van der Waals surface area contributed by atoms with Crippen LogP contribution in [0.4, 0.5) is 4.79 Å². The number of aryl methyl sites for hydroxylation is 1. The van der Waals surface area contributed by atoms with Crippen LogP contribution in [0.1, 0.15) is 30.5 Å². The van der Waals surface area contributed by atoms with Crippen molar-refractivity contribution in [1.29, 1.82) is 0 Å². The lowest BCUT2D eigenvalue weighted by Gasteiger charge is -2.28. The maximum atomic E-state index is 13.1. The molecule has 0 saturated heterocycles. The predicted octanol–water partition coefficient (Wildman–Crippen LogP) is 4.43. The molecule has 3 N–H and O–H groups in total. The number of aliphatic hydroxyl groups is 1. The van der Waals surface area contributed by atoms with E-state index in [2.05, 4.69) is 5.32 Å². The van der Waals surface area contributed by atoms with Crippen molar-refractivity contribution in [2.75, 3.05) is 13.1 Å². The number of nitrogens with zero attached hydrogens (tertiary/aromatic N) is 1. The Morgan fingerprint density at radius 1 is 0.846 bits per heavy atom. The molecule has 0 aliphatic heterocycles. The second-order valence-corrected chi connectivity index (χ2v) is 10.0. The second-order valence-electron chi connectivity index (χ2n) is 10.0. The van der Waals surface area contributed by atoms with E-state index >= 15 is 0 Å². The number of aliphatic carboxylic acids is 1. The third kappa shape index (κ3) is 9.26. The number of carbonyl (C=O) groups is 3. The fraction of sp³-hybridized carbons (Fsp3) is 0.323. The molecular weight excluding hydrogens is 496 g/mol. The van der Waals surface area contributed by atoms with Gasteiger partial charge in [-0.05, 0) is 35.1 Å². The number of amides is 2. The Labute approximate surface area is 229 Å². The van der Waals surface area contributed by atoms with Gasteiger partial charge in [-0.3, -0.25) is 0 Å². The molecule has 2 amide bonds. The van der Waals surface area contributed by atoms with Crippen LogP contribution in [0.2, 0.25) is 0 Å². The number of hydrogen-bond donors (Lipinski definition) is 3. The van der Waals surface area contributed by atoms with Gasteiger partial charge < -0.3 is 25.2 Å². The highest BCUT2D eigenvalue weighted by atomic mass is 16.5. The second kappa shape index (κ2) is 14.1. The Morgan fingerprint density at radius 2 is 1.44 bits per heavy atom. The van der Waals surface area contributed by atoms with Crippen LogP contribution in [-0.4, -0.2) is 58.3 Å². The number of rotatable bonds is 12. The molecule has 0 fully saturated rings. The number of urea groups is 1. The molecule has 0 aliphatic rings. The topological polar surface area (TPSA) is 116 Å². The van der Waals surface area contributed by atoms with Crippen LogP contribution in [0.25, 0.3) is 11.1 Å². The van der Waals surface area contributed by atoms with E-state index in [1.54, 1.807) is 12.1 Å². The average Bonchev–Trinajstić information content (AvgIpc) is 2.92. The van der Waals surface area contributed by atoms with Crippen LogP contribution in [0, 0.1) is 12.8 Å². The zero-order chi connectivity index (χ0) is 28.4. The van der Waals surface area contributed by atoms with Crippen molar-refractivity contribution >= 4 is 18.0 Å². The van der Waals surface area contributed by atoms with E-state index in [-0.39, 0.29) is 32.0 Å². The molecule has 0 heterocycles. The maximum absolute atomic E-state index is 13.1. The van der Waals surface area contributed by atoms with Crippen molar-refractivity contribution in [3.63, 3.8) is 0 Å². The number of carbonyl (C=O) groups excluding carboxylic acids is 2. The van der Waals surface area contributed by atoms with Crippen LogP contribution in [0.5, 0.6) is 0 Å². The molecule has 3 aromatic rings. The summed E-state index contributed by atoms with van der Waals surface area (Å²) in [5.74, 6) is -2.02. The van der Waals surface area contributed by atoms with Crippen LogP contribution < -0.4 is 5.32 Å². The molecule has 39 heavy (non-hydrogen) atoms. The summed E-state index contributed by atoms with van der Waals surface area (Å²) in [6.07, 6.45) is -1.50. The molecule has 2 atom stereocenters. The van der Waals surface area contributed by atoms with Gasteiger partial charge in [-0.15, -0.1) is 0 Å². The normalized spacial score (nSPS) is 12.4. The predicted molar refractivity (Wildman–Crippen MR) is 149 cm³/mol. The number of benzene rings is 3. The minimum Gasteiger partial charge on any atom is -0.480 e. The molecule has 0 spiro atoms. The van der Waals surface area contributed by atoms with Crippen LogP contribution in [0.15, 0.2) is 78.9 Å². The third-order valence-corrected chi connectivity index (χ3v) is 6.14. The lowest BCUT2D eigenvalue weighted by Crippen LogP contribution is -2.52. The summed E-state index contributed by atoms with van der Waals surface area (Å²) in [4.78, 5) is 38.7. The summed E-state index contributed by atoms with van der Waals surface area (Å²) in [5, 5.41) is 22.8. The zero-order valence-electron chi connectivity index (χ0n) is 22.5. The standard InChI is InChI=1S/C31H36N2O6/c1-21(2)18-33(19-28(34)30(37)39-20-24-7-5-4-6-8-24)31(38)32-27(29(35)36)17-23-11-15-26(16-12-23)25-13-9-22(3)10-14-25/h4-16,21,27-28,34H,17-20H2,1-3H3,(H,32,38)(H,35,36)/t27-,28-/m0/s1. The Kier molecular flexibility index (Phi) is 10.6. The van der Waals surface area contributed by atoms with Gasteiger partial charge in [0.2, 0.25) is 0 Å². The van der Waals surface area contributed by atoms with Crippen LogP contribution in [0.3, 0.4) is 0 Å². The molecular formula is C31H36N2O6. The first kappa shape index (κ1) is 29.4. The van der Waals surface area contributed by atoms with E-state index in [0.717, 1.165) is 22.3 Å². The van der Waals surface area contributed by atoms with Crippen LogP contribution >= 0.6 is 0 Å². The molecule has 0 aromatic heterocycles. The Balaban J connectivity index is 1.62. The number of aliphatic hydroxyl groups excluding tert-OH is 1. The van der Waals surface area contributed by atoms with Gasteiger partial charge in [0.05, 0.1) is 6.54 Å². The van der Waals surface area contributed by atoms with Crippen molar-refractivity contribution in [2.24, 2.45) is 5.92 Å². The SMILES string of the molecule is Cc1ccc(-c2ccc(C[C@H](NC(=O)N(CC(C)C)C[C@H](O)C(=O)OCc3ccccc3)C(=O)O)cc2)cc1. The number of hydrogen-bond acceptors (Lipinski definition) is 5. The summed E-state index contributed by atoms with van der Waals surface area (Å²) in [7, 11) is 0. The monoisotopic (exact) mass is 532 g/mol. The van der Waals surface area contributed by atoms with Gasteiger partial charge in [0.1, 0.15) is 12.6 Å². The first-order valence-electron chi connectivity index (χ1n) is 12.9. The first-order chi connectivity index (χ1) is 18.6. The molecule has 0 radical (unpaired) electrons. The Bertz CT molecular complexity index is 1230. The minimum absolute atomic E-state index is 0.00307. The van der Waals surface area contributed by atoms with E-state index in [9.17, 15) is 24.6 Å². The van der Waals surface area contributed by atoms with Crippen molar-refractivity contribution in [3.8, 4) is 11.1 Å². The van der Waals surface area contributed by atoms with Gasteiger partial charge >= 0.3 is 18.0 Å². The van der Waals surface area contributed by atoms with Gasteiger partial charge in [0, 0.05) is 13.0 Å². The van der Waals surface area contributed by atoms with Gasteiger partial charge in [0.25, 0.3) is 0 Å². The fourth-order valence-electron chi connectivity index (χ4n) is 4.04. The molecule has 0 aliphatic carbocycles. The fourth-order valence-corrected chi connectivity index (χ4v) is 4.04. The van der Waals surface area contributed by atoms with Crippen molar-refractivity contribution < 1.29 is 29.3 Å². The Hall–Kier alpha value is -4.17. The van der Waals surface area contributed by atoms with E-state index in [0.29, 0.717) is 0 Å². The first-order valence-corrected chi connectivity index (χ1v) is 12.9. The van der Waals surface area contributed by atoms with Crippen molar-refractivity contribution in [2.45, 2.75) is 45.9 Å². The molecule has 3 aromatic carbocycles. The highest BCUT2D eigenvalue weighted by Gasteiger charge is 2.28. The van der Waals surface area contributed by atoms with E-state index in [4.69, 9.17) is 4.74 Å². The smallest absolute Gasteiger partial charge is 0.337 e. The summed E-state index contributed by atoms with van der Waals surface area (Å²) < 4.78 is 5.18. The van der Waals surface area contributed by atoms with Crippen molar-refractivity contribution in [1.82, 2.24) is 10.2 Å². The number of carboxylic acids is 1. The third-order valence-electron chi connectivity index (χ3n) is 6.14. The average molecular weight is 533 g/mol. The summed E-state index contributed by atoms with van der Waals surface area (Å²) >= 11 is 0. The van der Waals surface area contributed by atoms with Gasteiger partial charge in [-0.25, -0.2) is 14.4 Å². The lowest BCUT2D eigenvalue weighted by atomic mass is 10.00. The number of esters is 1. The molecule has 3 rings (SSSR count). The van der Waals surface area contributed by atoms with E-state index in [1.807, 2.05) is 87.5 Å². The zero-order valence-corrected chi connectivity index (χ0v) is 22.5. The van der Waals surface area contributed by atoms with Gasteiger partial charge in [-0.1, -0.05) is 98.3 Å². The minimum atomic E-state index is -1.57. The van der Waals surface area contributed by atoms with E-state index in [1.165, 1.54) is 10.5 Å². The summed E-state index contributed by atoms with van der Waals surface area (Å²) in [5.41, 5.74) is 4.74. The lowest BCUT2D eigenvalue weighted by molar-refractivity contribution is -0.155. The number of carboxylic acid groups (broad SMARTS) is 1. The van der Waals surface area contributed by atoms with E-state index < -0.39 is 30.1 Å². The van der Waals surface area contributed by atoms with Crippen LogP contribution in [-0.2, 0) is 27.4 Å². The maximum Gasteiger partial charge on any atom is 0.337 e. The summed E-state index contributed by atoms with van der Waals surface area (Å²) in [6.45, 7) is 5.67. The highest BCUT2D eigenvalue weighted by molar-refractivity contribution is 5.83. The Morgan fingerprint density at radius 3 is 2.00 bits per heavy atom. The molecule has 0 bridgehead atoms. The molecule has 0 unspecified atom stereocenters. The van der Waals surface area contributed by atoms with Crippen molar-refractivity contribution in [3.05, 3.63) is 95.6 Å². The molecule has 206 valence electrons. The summed E-state index contributed by atoms with van der Waals surface area (Å²) in [6, 6.07) is 22.8. The van der Waals surface area contributed by atoms with Gasteiger partial charge in [-0.2, -0.15) is 0 Å². The van der Waals surface area contributed by atoms with Gasteiger partial charge in [0.15, 0.2) is 6.10 Å². The highest BCUT2D eigenvalue weighted by Crippen LogP contribution is 2.21. The number of ether oxygens (including phenoxy) is 1. The quantitative estimate of drug-likeness (QED) is 0.297. The largest absolute Gasteiger partial charge is 0.480 e. The molecule has 0 saturated carbocycles. The number of nitrogens with one attached hydrogen (secondary N) is 1. The molecule has 8 heteroatoms.